The molecule has 0 bridgehead atoms. The van der Waals surface area contributed by atoms with Crippen LogP contribution in [0.3, 0.4) is 0 Å². The number of alkyl halides is 3. The summed E-state index contributed by atoms with van der Waals surface area (Å²) >= 11 is -0.231. The van der Waals surface area contributed by atoms with Crippen LogP contribution in [-0.4, -0.2) is 23.7 Å². The standard InChI is InChI=1S/C11H11F4NOS/c1-7-2-3-8(9(12)6-7)10(17)16-4-5-18-11(13,14)15/h2-3,6H,4-5H2,1H3,(H,16,17). The molecule has 0 atom stereocenters. The van der Waals surface area contributed by atoms with Crippen molar-refractivity contribution >= 4 is 17.7 Å². The smallest absolute Gasteiger partial charge is 0.351 e. The lowest BCUT2D eigenvalue weighted by molar-refractivity contribution is -0.0327. The van der Waals surface area contributed by atoms with Crippen LogP contribution in [0.5, 0.6) is 0 Å². The third kappa shape index (κ3) is 4.95. The Balaban J connectivity index is 2.46. The van der Waals surface area contributed by atoms with Crippen LogP contribution in [0.15, 0.2) is 18.2 Å². The van der Waals surface area contributed by atoms with Crippen LogP contribution in [-0.2, 0) is 0 Å². The number of carbonyl (C=O) groups is 1. The average molecular weight is 281 g/mol. The van der Waals surface area contributed by atoms with Gasteiger partial charge < -0.3 is 5.32 Å². The number of benzene rings is 1. The van der Waals surface area contributed by atoms with Crippen LogP contribution in [0, 0.1) is 12.7 Å². The van der Waals surface area contributed by atoms with E-state index >= 15 is 0 Å². The Morgan fingerprint density at radius 3 is 2.61 bits per heavy atom. The summed E-state index contributed by atoms with van der Waals surface area (Å²) in [6, 6.07) is 4.05. The molecule has 0 aliphatic rings. The molecular formula is C11H11F4NOS. The summed E-state index contributed by atoms with van der Waals surface area (Å²) in [4.78, 5) is 11.5. The molecule has 0 aliphatic heterocycles. The first-order chi connectivity index (χ1) is 8.29. The van der Waals surface area contributed by atoms with Crippen molar-refractivity contribution in [2.45, 2.75) is 12.4 Å². The highest BCUT2D eigenvalue weighted by atomic mass is 32.2. The molecule has 0 saturated heterocycles. The van der Waals surface area contributed by atoms with Gasteiger partial charge in [0, 0.05) is 12.3 Å². The first-order valence-electron chi connectivity index (χ1n) is 5.04. The minimum Gasteiger partial charge on any atom is -0.351 e. The van der Waals surface area contributed by atoms with E-state index in [-0.39, 0.29) is 29.6 Å². The molecule has 1 amide bonds. The molecule has 1 N–H and O–H groups in total. The zero-order valence-electron chi connectivity index (χ0n) is 9.47. The maximum absolute atomic E-state index is 13.4. The first-order valence-corrected chi connectivity index (χ1v) is 6.03. The van der Waals surface area contributed by atoms with Crippen molar-refractivity contribution in [3.8, 4) is 0 Å². The summed E-state index contributed by atoms with van der Waals surface area (Å²) in [6.45, 7) is 1.50. The van der Waals surface area contributed by atoms with Crippen LogP contribution in [0.25, 0.3) is 0 Å². The number of rotatable bonds is 4. The van der Waals surface area contributed by atoms with Gasteiger partial charge in [0.25, 0.3) is 5.91 Å². The zero-order chi connectivity index (χ0) is 13.8. The van der Waals surface area contributed by atoms with Crippen molar-refractivity contribution in [3.05, 3.63) is 35.1 Å². The second-order valence-corrected chi connectivity index (χ2v) is 4.69. The molecule has 18 heavy (non-hydrogen) atoms. The topological polar surface area (TPSA) is 29.1 Å². The lowest BCUT2D eigenvalue weighted by atomic mass is 10.1. The van der Waals surface area contributed by atoms with E-state index in [1.165, 1.54) is 12.1 Å². The Hall–Kier alpha value is -1.24. The summed E-state index contributed by atoms with van der Waals surface area (Å²) in [7, 11) is 0. The average Bonchev–Trinajstić information content (AvgIpc) is 2.22. The predicted molar refractivity (Wildman–Crippen MR) is 62.0 cm³/mol. The van der Waals surface area contributed by atoms with Gasteiger partial charge in [-0.05, 0) is 36.4 Å². The molecule has 0 heterocycles. The highest BCUT2D eigenvalue weighted by Gasteiger charge is 2.27. The van der Waals surface area contributed by atoms with E-state index < -0.39 is 17.2 Å². The van der Waals surface area contributed by atoms with E-state index in [4.69, 9.17) is 0 Å². The summed E-state index contributed by atoms with van der Waals surface area (Å²) < 4.78 is 48.8. The van der Waals surface area contributed by atoms with Crippen LogP contribution in [0.1, 0.15) is 15.9 Å². The first kappa shape index (κ1) is 14.8. The van der Waals surface area contributed by atoms with Gasteiger partial charge in [0.05, 0.1) is 5.56 Å². The van der Waals surface area contributed by atoms with Crippen molar-refractivity contribution in [1.82, 2.24) is 5.32 Å². The van der Waals surface area contributed by atoms with Gasteiger partial charge in [0.15, 0.2) is 0 Å². The fraction of sp³-hybridized carbons (Fsp3) is 0.364. The van der Waals surface area contributed by atoms with E-state index in [1.807, 2.05) is 0 Å². The molecule has 0 saturated carbocycles. The van der Waals surface area contributed by atoms with E-state index in [2.05, 4.69) is 5.32 Å². The largest absolute Gasteiger partial charge is 0.441 e. The fourth-order valence-corrected chi connectivity index (χ4v) is 1.67. The number of nitrogens with one attached hydrogen (secondary N) is 1. The molecule has 2 nitrogen and oxygen atoms in total. The molecule has 0 aromatic heterocycles. The summed E-state index contributed by atoms with van der Waals surface area (Å²) in [5.74, 6) is -1.70. The number of aryl methyl sites for hydroxylation is 1. The normalized spacial score (nSPS) is 11.4. The molecule has 0 aliphatic carbocycles. The van der Waals surface area contributed by atoms with Gasteiger partial charge in [0.2, 0.25) is 0 Å². The third-order valence-electron chi connectivity index (χ3n) is 2.02. The van der Waals surface area contributed by atoms with Gasteiger partial charge in [-0.3, -0.25) is 4.79 Å². The Morgan fingerprint density at radius 2 is 2.06 bits per heavy atom. The number of hydrogen-bond donors (Lipinski definition) is 1. The lowest BCUT2D eigenvalue weighted by Crippen LogP contribution is -2.27. The van der Waals surface area contributed by atoms with Gasteiger partial charge in [-0.2, -0.15) is 13.2 Å². The number of thioether (sulfide) groups is 1. The molecule has 0 fully saturated rings. The van der Waals surface area contributed by atoms with Crippen molar-refractivity contribution < 1.29 is 22.4 Å². The Kier molecular flexibility index (Phi) is 5.01. The monoisotopic (exact) mass is 281 g/mol. The minimum atomic E-state index is -4.32. The molecule has 7 heteroatoms. The van der Waals surface area contributed by atoms with Gasteiger partial charge in [-0.15, -0.1) is 0 Å². The van der Waals surface area contributed by atoms with Crippen LogP contribution in [0.4, 0.5) is 17.6 Å². The van der Waals surface area contributed by atoms with E-state index in [0.717, 1.165) is 0 Å². The van der Waals surface area contributed by atoms with Gasteiger partial charge in [0.1, 0.15) is 5.82 Å². The molecule has 0 spiro atoms. The van der Waals surface area contributed by atoms with Crippen molar-refractivity contribution in [2.75, 3.05) is 12.3 Å². The highest BCUT2D eigenvalue weighted by Crippen LogP contribution is 2.29. The summed E-state index contributed by atoms with van der Waals surface area (Å²) in [6.07, 6.45) is 0. The number of hydrogen-bond acceptors (Lipinski definition) is 2. The van der Waals surface area contributed by atoms with Crippen LogP contribution >= 0.6 is 11.8 Å². The molecule has 0 unspecified atom stereocenters. The number of carbonyl (C=O) groups excluding carboxylic acids is 1. The molecule has 1 aromatic rings. The number of halogens is 4. The molecule has 100 valence electrons. The van der Waals surface area contributed by atoms with E-state index in [1.54, 1.807) is 13.0 Å². The Bertz CT molecular complexity index is 434. The predicted octanol–water partition coefficient (Wildman–Crippen LogP) is 3.12. The summed E-state index contributed by atoms with van der Waals surface area (Å²) in [5.41, 5.74) is -3.82. The van der Waals surface area contributed by atoms with Gasteiger partial charge in [-0.25, -0.2) is 4.39 Å². The second kappa shape index (κ2) is 6.08. The SMILES string of the molecule is Cc1ccc(C(=O)NCCSC(F)(F)F)c(F)c1. The van der Waals surface area contributed by atoms with Crippen molar-refractivity contribution in [3.63, 3.8) is 0 Å². The van der Waals surface area contributed by atoms with Crippen molar-refractivity contribution in [2.24, 2.45) is 0 Å². The molecule has 0 radical (unpaired) electrons. The second-order valence-electron chi connectivity index (χ2n) is 3.53. The third-order valence-corrected chi connectivity index (χ3v) is 2.76. The fourth-order valence-electron chi connectivity index (χ4n) is 1.23. The Labute approximate surface area is 106 Å². The zero-order valence-corrected chi connectivity index (χ0v) is 10.3. The molecular weight excluding hydrogens is 270 g/mol. The maximum atomic E-state index is 13.4. The van der Waals surface area contributed by atoms with Crippen LogP contribution in [0.2, 0.25) is 0 Å². The lowest BCUT2D eigenvalue weighted by Gasteiger charge is -2.08. The summed E-state index contributed by atoms with van der Waals surface area (Å²) in [5, 5.41) is 2.23. The van der Waals surface area contributed by atoms with E-state index in [0.29, 0.717) is 5.56 Å². The number of amides is 1. The molecule has 1 rings (SSSR count). The van der Waals surface area contributed by atoms with Gasteiger partial charge >= 0.3 is 5.51 Å². The maximum Gasteiger partial charge on any atom is 0.441 e. The highest BCUT2D eigenvalue weighted by molar-refractivity contribution is 8.00. The Morgan fingerprint density at radius 1 is 1.39 bits per heavy atom. The minimum absolute atomic E-state index is 0.169. The quantitative estimate of drug-likeness (QED) is 0.678. The van der Waals surface area contributed by atoms with Gasteiger partial charge in [-0.1, -0.05) is 6.07 Å². The van der Waals surface area contributed by atoms with E-state index in [9.17, 15) is 22.4 Å². The van der Waals surface area contributed by atoms with Crippen LogP contribution < -0.4 is 5.32 Å². The van der Waals surface area contributed by atoms with Crippen molar-refractivity contribution in [1.29, 1.82) is 0 Å². The molecule has 1 aromatic carbocycles.